The normalized spacial score (nSPS) is 15.1. The summed E-state index contributed by atoms with van der Waals surface area (Å²) < 4.78 is 0. The fraction of sp³-hybridized carbons (Fsp3) is 0.455. The van der Waals surface area contributed by atoms with E-state index in [9.17, 15) is 9.59 Å². The van der Waals surface area contributed by atoms with Crippen LogP contribution in [0.15, 0.2) is 36.5 Å². The zero-order chi connectivity index (χ0) is 19.6. The number of aryl methyl sites for hydroxylation is 1. The van der Waals surface area contributed by atoms with Gasteiger partial charge >= 0.3 is 0 Å². The summed E-state index contributed by atoms with van der Waals surface area (Å²) in [5, 5.41) is 0. The first-order valence-corrected chi connectivity index (χ1v) is 9.56. The Labute approximate surface area is 161 Å². The van der Waals surface area contributed by atoms with E-state index in [0.717, 1.165) is 11.1 Å². The number of rotatable bonds is 3. The van der Waals surface area contributed by atoms with Crippen molar-refractivity contribution in [1.82, 2.24) is 14.8 Å². The van der Waals surface area contributed by atoms with Crippen molar-refractivity contribution in [2.24, 2.45) is 0 Å². The Kier molecular flexibility index (Phi) is 5.40. The average Bonchev–Trinajstić information content (AvgIpc) is 3.16. The van der Waals surface area contributed by atoms with Gasteiger partial charge in [0.25, 0.3) is 5.91 Å². The van der Waals surface area contributed by atoms with Crippen LogP contribution < -0.4 is 0 Å². The topological polar surface area (TPSA) is 56.4 Å². The number of nitrogens with zero attached hydrogens (tertiary/aromatic N) is 2. The van der Waals surface area contributed by atoms with Gasteiger partial charge in [0.15, 0.2) is 0 Å². The minimum Gasteiger partial charge on any atom is -0.357 e. The number of hydrogen-bond donors (Lipinski definition) is 1. The third kappa shape index (κ3) is 4.41. The minimum absolute atomic E-state index is 0.000660. The maximum Gasteiger partial charge on any atom is 0.270 e. The van der Waals surface area contributed by atoms with Gasteiger partial charge in [0.2, 0.25) is 5.91 Å². The first-order valence-electron chi connectivity index (χ1n) is 9.56. The molecule has 2 aromatic rings. The zero-order valence-electron chi connectivity index (χ0n) is 16.7. The number of benzene rings is 1. The molecule has 5 nitrogen and oxygen atoms in total. The summed E-state index contributed by atoms with van der Waals surface area (Å²) in [4.78, 5) is 31.7. The Morgan fingerprint density at radius 1 is 1.04 bits per heavy atom. The molecule has 2 heterocycles. The van der Waals surface area contributed by atoms with Crippen molar-refractivity contribution < 1.29 is 9.59 Å². The van der Waals surface area contributed by atoms with E-state index in [1.54, 1.807) is 17.2 Å². The summed E-state index contributed by atoms with van der Waals surface area (Å²) >= 11 is 0. The second kappa shape index (κ2) is 7.59. The molecule has 1 saturated heterocycles. The Balaban J connectivity index is 1.58. The molecule has 0 spiro atoms. The van der Waals surface area contributed by atoms with Crippen LogP contribution in [0.2, 0.25) is 0 Å². The third-order valence-electron chi connectivity index (χ3n) is 5.30. The van der Waals surface area contributed by atoms with Crippen molar-refractivity contribution in [2.45, 2.75) is 39.5 Å². The number of amides is 2. The fourth-order valence-electron chi connectivity index (χ4n) is 3.43. The van der Waals surface area contributed by atoms with Gasteiger partial charge in [-0.2, -0.15) is 0 Å². The molecule has 0 unspecified atom stereocenters. The maximum absolute atomic E-state index is 12.7. The van der Waals surface area contributed by atoms with Gasteiger partial charge in [0.05, 0.1) is 6.42 Å². The van der Waals surface area contributed by atoms with Crippen molar-refractivity contribution in [2.75, 3.05) is 26.2 Å². The average molecular weight is 367 g/mol. The van der Waals surface area contributed by atoms with Crippen LogP contribution in [-0.4, -0.2) is 52.8 Å². The van der Waals surface area contributed by atoms with Gasteiger partial charge in [-0.25, -0.2) is 0 Å². The van der Waals surface area contributed by atoms with Gasteiger partial charge in [-0.3, -0.25) is 9.59 Å². The molecule has 0 bridgehead atoms. The fourth-order valence-corrected chi connectivity index (χ4v) is 3.43. The van der Waals surface area contributed by atoms with Crippen LogP contribution >= 0.6 is 0 Å². The van der Waals surface area contributed by atoms with Crippen LogP contribution in [0.4, 0.5) is 0 Å². The molecule has 0 radical (unpaired) electrons. The largest absolute Gasteiger partial charge is 0.357 e. The Bertz CT molecular complexity index is 811. The summed E-state index contributed by atoms with van der Waals surface area (Å²) in [6.45, 7) is 11.0. The molecule has 1 fully saturated rings. The summed E-state index contributed by atoms with van der Waals surface area (Å²) in [5.74, 6) is 0.134. The smallest absolute Gasteiger partial charge is 0.270 e. The first-order chi connectivity index (χ1) is 12.8. The predicted molar refractivity (Wildman–Crippen MR) is 107 cm³/mol. The highest BCUT2D eigenvalue weighted by atomic mass is 16.2. The molecule has 1 aliphatic rings. The Morgan fingerprint density at radius 3 is 2.26 bits per heavy atom. The molecule has 1 N–H and O–H groups in total. The number of aromatic nitrogens is 1. The number of carbonyl (C=O) groups excluding carboxylic acids is 2. The van der Waals surface area contributed by atoms with Crippen molar-refractivity contribution in [3.8, 4) is 0 Å². The molecule has 0 aliphatic carbocycles. The molecule has 1 aromatic carbocycles. The number of carbonyl (C=O) groups is 2. The van der Waals surface area contributed by atoms with Gasteiger partial charge in [0.1, 0.15) is 5.69 Å². The molecule has 0 atom stereocenters. The standard InChI is InChI=1S/C22H29N3O2/c1-16-14-18(22(2,3)4)8-7-17(16)15-20(26)24-10-12-25(13-11-24)21(27)19-6-5-9-23-19/h5-9,14,23H,10-13,15H2,1-4H3. The second-order valence-corrected chi connectivity index (χ2v) is 8.32. The van der Waals surface area contributed by atoms with Crippen molar-refractivity contribution in [3.63, 3.8) is 0 Å². The molecule has 27 heavy (non-hydrogen) atoms. The summed E-state index contributed by atoms with van der Waals surface area (Å²) in [5.41, 5.74) is 4.24. The van der Waals surface area contributed by atoms with E-state index < -0.39 is 0 Å². The highest BCUT2D eigenvalue weighted by Crippen LogP contribution is 2.24. The molecular weight excluding hydrogens is 338 g/mol. The van der Waals surface area contributed by atoms with E-state index in [2.05, 4.69) is 50.9 Å². The number of nitrogens with one attached hydrogen (secondary N) is 1. The Hall–Kier alpha value is -2.56. The van der Waals surface area contributed by atoms with Crippen LogP contribution in [0, 0.1) is 6.92 Å². The van der Waals surface area contributed by atoms with Crippen molar-refractivity contribution in [3.05, 3.63) is 58.9 Å². The molecular formula is C22H29N3O2. The van der Waals surface area contributed by atoms with E-state index in [1.807, 2.05) is 11.0 Å². The molecule has 1 aromatic heterocycles. The molecule has 1 aliphatic heterocycles. The second-order valence-electron chi connectivity index (χ2n) is 8.32. The van der Waals surface area contributed by atoms with E-state index in [4.69, 9.17) is 0 Å². The number of piperazine rings is 1. The van der Waals surface area contributed by atoms with Gasteiger partial charge in [0, 0.05) is 32.4 Å². The van der Waals surface area contributed by atoms with Crippen molar-refractivity contribution in [1.29, 1.82) is 0 Å². The number of hydrogen-bond acceptors (Lipinski definition) is 2. The van der Waals surface area contributed by atoms with Gasteiger partial charge < -0.3 is 14.8 Å². The molecule has 144 valence electrons. The lowest BCUT2D eigenvalue weighted by molar-refractivity contribution is -0.131. The van der Waals surface area contributed by atoms with E-state index in [-0.39, 0.29) is 17.2 Å². The van der Waals surface area contributed by atoms with Crippen molar-refractivity contribution >= 4 is 11.8 Å². The lowest BCUT2D eigenvalue weighted by Gasteiger charge is -2.34. The van der Waals surface area contributed by atoms with Crippen LogP contribution in [-0.2, 0) is 16.6 Å². The summed E-state index contributed by atoms with van der Waals surface area (Å²) in [7, 11) is 0. The van der Waals surface area contributed by atoms with E-state index in [1.165, 1.54) is 5.56 Å². The third-order valence-corrected chi connectivity index (χ3v) is 5.30. The molecule has 2 amide bonds. The monoisotopic (exact) mass is 367 g/mol. The minimum atomic E-state index is 0.000660. The Morgan fingerprint density at radius 2 is 1.70 bits per heavy atom. The lowest BCUT2D eigenvalue weighted by Crippen LogP contribution is -2.51. The highest BCUT2D eigenvalue weighted by Gasteiger charge is 2.25. The number of aromatic amines is 1. The lowest BCUT2D eigenvalue weighted by atomic mass is 9.85. The highest BCUT2D eigenvalue weighted by molar-refractivity contribution is 5.92. The van der Waals surface area contributed by atoms with E-state index in [0.29, 0.717) is 38.3 Å². The predicted octanol–water partition coefficient (Wildman–Crippen LogP) is 3.15. The molecule has 0 saturated carbocycles. The summed E-state index contributed by atoms with van der Waals surface area (Å²) in [6, 6.07) is 10.0. The van der Waals surface area contributed by atoms with Gasteiger partial charge in [-0.05, 0) is 41.2 Å². The number of H-pyrrole nitrogens is 1. The van der Waals surface area contributed by atoms with Crippen LogP contribution in [0.5, 0.6) is 0 Å². The summed E-state index contributed by atoms with van der Waals surface area (Å²) in [6.07, 6.45) is 2.17. The SMILES string of the molecule is Cc1cc(C(C)(C)C)ccc1CC(=O)N1CCN(C(=O)c2ccc[nH]2)CC1. The van der Waals surface area contributed by atoms with Crippen LogP contribution in [0.3, 0.4) is 0 Å². The van der Waals surface area contributed by atoms with Gasteiger partial charge in [-0.15, -0.1) is 0 Å². The first kappa shape index (κ1) is 19.2. The van der Waals surface area contributed by atoms with Gasteiger partial charge in [-0.1, -0.05) is 39.0 Å². The quantitative estimate of drug-likeness (QED) is 0.906. The van der Waals surface area contributed by atoms with Crippen LogP contribution in [0.1, 0.15) is 48.0 Å². The molecule has 5 heteroatoms. The van der Waals surface area contributed by atoms with Crippen LogP contribution in [0.25, 0.3) is 0 Å². The maximum atomic E-state index is 12.7. The van der Waals surface area contributed by atoms with E-state index >= 15 is 0 Å². The zero-order valence-corrected chi connectivity index (χ0v) is 16.7. The molecule has 3 rings (SSSR count).